The van der Waals surface area contributed by atoms with Gasteiger partial charge in [0.15, 0.2) is 5.75 Å². The SMILES string of the molecule is Cc1nc(CN2C(=O)C(F)(F)Oc3ccc(F)cc32)cs1. The number of alkyl halides is 2. The third-order valence-corrected chi connectivity index (χ3v) is 3.75. The number of anilines is 1. The Morgan fingerprint density at radius 1 is 1.43 bits per heavy atom. The van der Waals surface area contributed by atoms with Gasteiger partial charge in [-0.3, -0.25) is 9.69 Å². The highest BCUT2D eigenvalue weighted by molar-refractivity contribution is 7.09. The van der Waals surface area contributed by atoms with Gasteiger partial charge in [-0.25, -0.2) is 9.37 Å². The minimum Gasteiger partial charge on any atom is -0.423 e. The van der Waals surface area contributed by atoms with Crippen molar-refractivity contribution in [2.75, 3.05) is 4.90 Å². The third kappa shape index (κ3) is 2.46. The van der Waals surface area contributed by atoms with E-state index in [2.05, 4.69) is 9.72 Å². The Labute approximate surface area is 121 Å². The van der Waals surface area contributed by atoms with Gasteiger partial charge in [-0.1, -0.05) is 0 Å². The van der Waals surface area contributed by atoms with E-state index >= 15 is 0 Å². The van der Waals surface area contributed by atoms with Crippen molar-refractivity contribution in [1.82, 2.24) is 4.98 Å². The van der Waals surface area contributed by atoms with Crippen LogP contribution < -0.4 is 9.64 Å². The van der Waals surface area contributed by atoms with Crippen LogP contribution >= 0.6 is 11.3 Å². The smallest absolute Gasteiger partial charge is 0.423 e. The number of aromatic nitrogens is 1. The standard InChI is InChI=1S/C13H9F3N2O2S/c1-7-17-9(6-21-7)5-18-10-4-8(14)2-3-11(10)20-13(15,16)12(18)19/h2-4,6H,5H2,1H3. The summed E-state index contributed by atoms with van der Waals surface area (Å²) in [6, 6.07) is 3.06. The molecule has 2 aromatic rings. The molecule has 0 radical (unpaired) electrons. The molecular formula is C13H9F3N2O2S. The van der Waals surface area contributed by atoms with Crippen molar-refractivity contribution in [2.24, 2.45) is 0 Å². The van der Waals surface area contributed by atoms with Crippen LogP contribution in [0.15, 0.2) is 23.6 Å². The lowest BCUT2D eigenvalue weighted by Gasteiger charge is -2.33. The number of nitrogens with zero attached hydrogens (tertiary/aromatic N) is 2. The molecule has 0 unspecified atom stereocenters. The molecule has 0 fully saturated rings. The molecule has 0 N–H and O–H groups in total. The van der Waals surface area contributed by atoms with Crippen molar-refractivity contribution in [3.63, 3.8) is 0 Å². The van der Waals surface area contributed by atoms with Gasteiger partial charge in [0.05, 0.1) is 22.9 Å². The van der Waals surface area contributed by atoms with Crippen molar-refractivity contribution in [3.8, 4) is 5.75 Å². The topological polar surface area (TPSA) is 42.4 Å². The van der Waals surface area contributed by atoms with Gasteiger partial charge in [0.2, 0.25) is 0 Å². The lowest BCUT2D eigenvalue weighted by molar-refractivity contribution is -0.193. The molecule has 1 aromatic carbocycles. The van der Waals surface area contributed by atoms with Crippen LogP contribution in [-0.2, 0) is 11.3 Å². The van der Waals surface area contributed by atoms with Gasteiger partial charge in [0, 0.05) is 11.4 Å². The summed E-state index contributed by atoms with van der Waals surface area (Å²) in [5, 5.41) is 2.41. The second kappa shape index (κ2) is 4.73. The Kier molecular flexibility index (Phi) is 3.12. The molecule has 1 aromatic heterocycles. The Bertz CT molecular complexity index is 717. The van der Waals surface area contributed by atoms with Gasteiger partial charge < -0.3 is 4.74 Å². The van der Waals surface area contributed by atoms with Crippen molar-refractivity contribution in [1.29, 1.82) is 0 Å². The molecule has 0 bridgehead atoms. The van der Waals surface area contributed by atoms with E-state index in [1.807, 2.05) is 0 Å². The zero-order valence-electron chi connectivity index (χ0n) is 10.8. The number of hydrogen-bond donors (Lipinski definition) is 0. The highest BCUT2D eigenvalue weighted by Gasteiger charge is 2.50. The Morgan fingerprint density at radius 2 is 2.19 bits per heavy atom. The summed E-state index contributed by atoms with van der Waals surface area (Å²) in [7, 11) is 0. The molecule has 1 amide bonds. The summed E-state index contributed by atoms with van der Waals surface area (Å²) < 4.78 is 44.9. The molecule has 110 valence electrons. The van der Waals surface area contributed by atoms with E-state index < -0.39 is 17.8 Å². The van der Waals surface area contributed by atoms with Crippen LogP contribution in [0.4, 0.5) is 18.9 Å². The van der Waals surface area contributed by atoms with Gasteiger partial charge >= 0.3 is 12.0 Å². The fourth-order valence-electron chi connectivity index (χ4n) is 2.04. The summed E-state index contributed by atoms with van der Waals surface area (Å²) in [6.45, 7) is 1.59. The average molecular weight is 314 g/mol. The average Bonchev–Trinajstić information content (AvgIpc) is 2.81. The maximum Gasteiger partial charge on any atom is 0.482 e. The molecule has 2 heterocycles. The zero-order chi connectivity index (χ0) is 15.2. The molecule has 21 heavy (non-hydrogen) atoms. The molecule has 0 spiro atoms. The molecule has 4 nitrogen and oxygen atoms in total. The predicted octanol–water partition coefficient (Wildman–Crippen LogP) is 3.11. The number of halogens is 3. The number of benzene rings is 1. The van der Waals surface area contributed by atoms with Crippen LogP contribution in [0.1, 0.15) is 10.7 Å². The molecule has 0 atom stereocenters. The first-order valence-electron chi connectivity index (χ1n) is 5.96. The fourth-order valence-corrected chi connectivity index (χ4v) is 2.64. The van der Waals surface area contributed by atoms with Gasteiger partial charge in [-0.15, -0.1) is 11.3 Å². The number of rotatable bonds is 2. The molecule has 8 heteroatoms. The lowest BCUT2D eigenvalue weighted by atomic mass is 10.2. The molecule has 0 aliphatic carbocycles. The van der Waals surface area contributed by atoms with E-state index in [-0.39, 0.29) is 18.0 Å². The number of ether oxygens (including phenoxy) is 1. The van der Waals surface area contributed by atoms with Crippen LogP contribution in [0.5, 0.6) is 5.75 Å². The number of fused-ring (bicyclic) bond motifs is 1. The second-order valence-corrected chi connectivity index (χ2v) is 5.54. The van der Waals surface area contributed by atoms with Crippen LogP contribution in [-0.4, -0.2) is 17.0 Å². The van der Waals surface area contributed by atoms with Gasteiger partial charge in [0.25, 0.3) is 0 Å². The molecule has 1 aliphatic heterocycles. The van der Waals surface area contributed by atoms with E-state index in [1.165, 1.54) is 11.3 Å². The van der Waals surface area contributed by atoms with Crippen LogP contribution in [0, 0.1) is 12.7 Å². The molecule has 0 saturated carbocycles. The first-order chi connectivity index (χ1) is 9.87. The molecular weight excluding hydrogens is 305 g/mol. The number of amides is 1. The van der Waals surface area contributed by atoms with Crippen LogP contribution in [0.2, 0.25) is 0 Å². The maximum atomic E-state index is 13.6. The minimum atomic E-state index is -3.98. The summed E-state index contributed by atoms with van der Waals surface area (Å²) >= 11 is 1.34. The predicted molar refractivity (Wildman–Crippen MR) is 70.0 cm³/mol. The normalized spacial score (nSPS) is 16.6. The number of carbonyl (C=O) groups is 1. The van der Waals surface area contributed by atoms with E-state index in [4.69, 9.17) is 0 Å². The van der Waals surface area contributed by atoms with Crippen molar-refractivity contribution in [2.45, 2.75) is 19.6 Å². The summed E-state index contributed by atoms with van der Waals surface area (Å²) in [6.07, 6.45) is -3.98. The van der Waals surface area contributed by atoms with Crippen LogP contribution in [0.25, 0.3) is 0 Å². The highest BCUT2D eigenvalue weighted by atomic mass is 32.1. The number of aryl methyl sites for hydroxylation is 1. The van der Waals surface area contributed by atoms with E-state index in [9.17, 15) is 18.0 Å². The number of carbonyl (C=O) groups excluding carboxylic acids is 1. The highest BCUT2D eigenvalue weighted by Crippen LogP contribution is 2.40. The van der Waals surface area contributed by atoms with Gasteiger partial charge in [-0.05, 0) is 19.1 Å². The maximum absolute atomic E-state index is 13.6. The lowest BCUT2D eigenvalue weighted by Crippen LogP contribution is -2.50. The first-order valence-corrected chi connectivity index (χ1v) is 6.84. The number of hydrogen-bond acceptors (Lipinski definition) is 4. The van der Waals surface area contributed by atoms with Gasteiger partial charge in [-0.2, -0.15) is 8.78 Å². The largest absolute Gasteiger partial charge is 0.482 e. The Hall–Kier alpha value is -2.09. The molecule has 1 aliphatic rings. The van der Waals surface area contributed by atoms with E-state index in [0.717, 1.165) is 28.1 Å². The molecule has 3 rings (SSSR count). The number of thiazole rings is 1. The first kappa shape index (κ1) is 13.9. The Balaban J connectivity index is 2.04. The van der Waals surface area contributed by atoms with Crippen molar-refractivity contribution >= 4 is 22.9 Å². The second-order valence-electron chi connectivity index (χ2n) is 4.48. The monoisotopic (exact) mass is 314 g/mol. The quantitative estimate of drug-likeness (QED) is 0.855. The van der Waals surface area contributed by atoms with Crippen molar-refractivity contribution < 1.29 is 22.7 Å². The van der Waals surface area contributed by atoms with E-state index in [1.54, 1.807) is 12.3 Å². The van der Waals surface area contributed by atoms with Gasteiger partial charge in [0.1, 0.15) is 5.82 Å². The third-order valence-electron chi connectivity index (χ3n) is 2.93. The summed E-state index contributed by atoms with van der Waals surface area (Å²) in [5.41, 5.74) is 0.426. The molecule has 0 saturated heterocycles. The van der Waals surface area contributed by atoms with E-state index in [0.29, 0.717) is 5.69 Å². The zero-order valence-corrected chi connectivity index (χ0v) is 11.6. The minimum absolute atomic E-state index is 0.0309. The van der Waals surface area contributed by atoms with Crippen molar-refractivity contribution in [3.05, 3.63) is 40.1 Å². The summed E-state index contributed by atoms with van der Waals surface area (Å²) in [5.74, 6) is -2.42. The van der Waals surface area contributed by atoms with Crippen LogP contribution in [0.3, 0.4) is 0 Å². The fraction of sp³-hybridized carbons (Fsp3) is 0.231. The Morgan fingerprint density at radius 3 is 2.86 bits per heavy atom. The summed E-state index contributed by atoms with van der Waals surface area (Å²) in [4.78, 5) is 16.8.